The molecule has 1 atom stereocenters. The molecule has 0 spiro atoms. The topological polar surface area (TPSA) is 88.2 Å². The Bertz CT molecular complexity index is 793. The van der Waals surface area contributed by atoms with Crippen molar-refractivity contribution in [3.63, 3.8) is 0 Å². The lowest BCUT2D eigenvalue weighted by Gasteiger charge is -2.39. The number of hydrogen-bond donors (Lipinski definition) is 1. The van der Waals surface area contributed by atoms with Crippen LogP contribution in [0.2, 0.25) is 5.02 Å². The number of carbonyl (C=O) groups excluding carboxylic acids is 3. The van der Waals surface area contributed by atoms with Gasteiger partial charge in [0.05, 0.1) is 30.4 Å². The molecule has 0 unspecified atom stereocenters. The fourth-order valence-electron chi connectivity index (χ4n) is 3.06. The minimum Gasteiger partial charge on any atom is -0.465 e. The number of amides is 2. The predicted octanol–water partition coefficient (Wildman–Crippen LogP) is 3.07. The van der Waals surface area contributed by atoms with Crippen LogP contribution in [-0.2, 0) is 19.1 Å². The number of anilines is 1. The molecule has 2 amide bonds. The molecular formula is C21H30ClN3O5. The third-order valence-corrected chi connectivity index (χ3v) is 4.76. The number of rotatable bonds is 5. The molecule has 1 aliphatic rings. The van der Waals surface area contributed by atoms with E-state index in [1.165, 1.54) is 4.90 Å². The number of benzene rings is 1. The quantitative estimate of drug-likeness (QED) is 0.709. The molecule has 0 aliphatic carbocycles. The lowest BCUT2D eigenvalue weighted by atomic mass is 10.1. The molecule has 1 fully saturated rings. The SMILES string of the molecule is CCOC(=O)[C@H]1CN(C(=O)OC(C)(C)C)CCN1CC(=O)Nc1ccc(C)cc1Cl. The van der Waals surface area contributed by atoms with E-state index in [1.54, 1.807) is 44.7 Å². The van der Waals surface area contributed by atoms with Gasteiger partial charge in [-0.1, -0.05) is 17.7 Å². The zero-order valence-electron chi connectivity index (χ0n) is 18.2. The van der Waals surface area contributed by atoms with E-state index in [2.05, 4.69) is 5.32 Å². The third kappa shape index (κ3) is 6.88. The molecule has 8 nitrogen and oxygen atoms in total. The molecule has 1 aromatic carbocycles. The lowest BCUT2D eigenvalue weighted by molar-refractivity contribution is -0.152. The van der Waals surface area contributed by atoms with Crippen molar-refractivity contribution < 1.29 is 23.9 Å². The van der Waals surface area contributed by atoms with Crippen LogP contribution in [0.15, 0.2) is 18.2 Å². The molecule has 1 aromatic rings. The van der Waals surface area contributed by atoms with Gasteiger partial charge in [0.15, 0.2) is 0 Å². The van der Waals surface area contributed by atoms with E-state index in [-0.39, 0.29) is 25.6 Å². The molecule has 2 rings (SSSR count). The van der Waals surface area contributed by atoms with E-state index in [0.717, 1.165) is 5.56 Å². The number of halogens is 1. The summed E-state index contributed by atoms with van der Waals surface area (Å²) in [5.41, 5.74) is 0.854. The number of nitrogens with one attached hydrogen (secondary N) is 1. The highest BCUT2D eigenvalue weighted by Crippen LogP contribution is 2.23. The number of carbonyl (C=O) groups is 3. The number of piperazine rings is 1. The van der Waals surface area contributed by atoms with Crippen molar-refractivity contribution in [2.75, 3.05) is 38.1 Å². The van der Waals surface area contributed by atoms with Crippen molar-refractivity contribution >= 4 is 35.3 Å². The first kappa shape index (κ1) is 24.0. The second-order valence-corrected chi connectivity index (χ2v) is 8.60. The maximum atomic E-state index is 12.6. The average Bonchev–Trinajstić information content (AvgIpc) is 2.63. The van der Waals surface area contributed by atoms with E-state index in [0.29, 0.717) is 23.8 Å². The number of hydrogen-bond acceptors (Lipinski definition) is 6. The maximum absolute atomic E-state index is 12.6. The van der Waals surface area contributed by atoms with Gasteiger partial charge in [0.25, 0.3) is 0 Å². The molecule has 0 bridgehead atoms. The summed E-state index contributed by atoms with van der Waals surface area (Å²) >= 11 is 6.18. The largest absolute Gasteiger partial charge is 0.465 e. The van der Waals surface area contributed by atoms with E-state index in [4.69, 9.17) is 21.1 Å². The molecule has 30 heavy (non-hydrogen) atoms. The average molecular weight is 440 g/mol. The van der Waals surface area contributed by atoms with Crippen molar-refractivity contribution in [1.29, 1.82) is 0 Å². The van der Waals surface area contributed by atoms with Crippen LogP contribution in [0.3, 0.4) is 0 Å². The van der Waals surface area contributed by atoms with Crippen LogP contribution >= 0.6 is 11.6 Å². The van der Waals surface area contributed by atoms with E-state index >= 15 is 0 Å². The molecule has 1 heterocycles. The Kier molecular flexibility index (Phi) is 8.09. The molecule has 1 aliphatic heterocycles. The van der Waals surface area contributed by atoms with Gasteiger partial charge in [0.1, 0.15) is 11.6 Å². The first-order valence-electron chi connectivity index (χ1n) is 9.94. The molecule has 0 saturated carbocycles. The molecule has 166 valence electrons. The van der Waals surface area contributed by atoms with Gasteiger partial charge in [0, 0.05) is 13.1 Å². The van der Waals surface area contributed by atoms with Gasteiger partial charge >= 0.3 is 12.1 Å². The maximum Gasteiger partial charge on any atom is 0.410 e. The standard InChI is InChI=1S/C21H30ClN3O5/c1-6-29-19(27)17-12-25(20(28)30-21(3,4)5)10-9-24(17)13-18(26)23-16-8-7-14(2)11-15(16)22/h7-8,11,17H,6,9-10,12-13H2,1-5H3,(H,23,26)/t17-/m1/s1. The van der Waals surface area contributed by atoms with Crippen LogP contribution < -0.4 is 5.32 Å². The highest BCUT2D eigenvalue weighted by molar-refractivity contribution is 6.33. The van der Waals surface area contributed by atoms with E-state index < -0.39 is 23.7 Å². The molecule has 0 aromatic heterocycles. The van der Waals surface area contributed by atoms with Gasteiger partial charge in [-0.25, -0.2) is 4.79 Å². The Morgan fingerprint density at radius 1 is 1.23 bits per heavy atom. The Morgan fingerprint density at radius 3 is 2.53 bits per heavy atom. The molecule has 1 N–H and O–H groups in total. The second-order valence-electron chi connectivity index (χ2n) is 8.20. The van der Waals surface area contributed by atoms with Crippen LogP contribution in [0.25, 0.3) is 0 Å². The van der Waals surface area contributed by atoms with Crippen molar-refractivity contribution in [3.05, 3.63) is 28.8 Å². The minimum absolute atomic E-state index is 0.0319. The van der Waals surface area contributed by atoms with Crippen molar-refractivity contribution in [2.45, 2.75) is 46.3 Å². The fourth-order valence-corrected chi connectivity index (χ4v) is 3.34. The van der Waals surface area contributed by atoms with Crippen molar-refractivity contribution in [3.8, 4) is 0 Å². The summed E-state index contributed by atoms with van der Waals surface area (Å²) in [5.74, 6) is -0.785. The van der Waals surface area contributed by atoms with Gasteiger partial charge in [-0.2, -0.15) is 0 Å². The zero-order chi connectivity index (χ0) is 22.5. The molecule has 1 saturated heterocycles. The predicted molar refractivity (Wildman–Crippen MR) is 115 cm³/mol. The smallest absolute Gasteiger partial charge is 0.410 e. The van der Waals surface area contributed by atoms with Crippen LogP contribution in [0.5, 0.6) is 0 Å². The van der Waals surface area contributed by atoms with E-state index in [9.17, 15) is 14.4 Å². The number of aryl methyl sites for hydroxylation is 1. The van der Waals surface area contributed by atoms with Crippen molar-refractivity contribution in [1.82, 2.24) is 9.80 Å². The Hall–Kier alpha value is -2.32. The summed E-state index contributed by atoms with van der Waals surface area (Å²) in [4.78, 5) is 40.7. The summed E-state index contributed by atoms with van der Waals surface area (Å²) in [5, 5.41) is 3.22. The minimum atomic E-state index is -0.759. The number of ether oxygens (including phenoxy) is 2. The second kappa shape index (κ2) is 10.1. The highest BCUT2D eigenvalue weighted by Gasteiger charge is 2.37. The van der Waals surface area contributed by atoms with E-state index in [1.807, 2.05) is 13.0 Å². The first-order valence-corrected chi connectivity index (χ1v) is 10.3. The monoisotopic (exact) mass is 439 g/mol. The first-order chi connectivity index (χ1) is 14.0. The van der Waals surface area contributed by atoms with Gasteiger partial charge < -0.3 is 19.7 Å². The van der Waals surface area contributed by atoms with Crippen LogP contribution in [-0.4, -0.2) is 72.2 Å². The third-order valence-electron chi connectivity index (χ3n) is 4.45. The summed E-state index contributed by atoms with van der Waals surface area (Å²) in [6.07, 6.45) is -0.493. The normalized spacial score (nSPS) is 17.4. The lowest BCUT2D eigenvalue weighted by Crippen LogP contribution is -2.59. The summed E-state index contributed by atoms with van der Waals surface area (Å²) in [6.45, 7) is 9.90. The summed E-state index contributed by atoms with van der Waals surface area (Å²) in [6, 6.07) is 4.59. The fraction of sp³-hybridized carbons (Fsp3) is 0.571. The number of nitrogens with zero attached hydrogens (tertiary/aromatic N) is 2. The summed E-state index contributed by atoms with van der Waals surface area (Å²) < 4.78 is 10.6. The van der Waals surface area contributed by atoms with Gasteiger partial charge in [-0.3, -0.25) is 14.5 Å². The number of esters is 1. The van der Waals surface area contributed by atoms with Crippen LogP contribution in [0.1, 0.15) is 33.3 Å². The van der Waals surface area contributed by atoms with Gasteiger partial charge in [-0.15, -0.1) is 0 Å². The Balaban J connectivity index is 2.07. The van der Waals surface area contributed by atoms with Crippen LogP contribution in [0.4, 0.5) is 10.5 Å². The summed E-state index contributed by atoms with van der Waals surface area (Å²) in [7, 11) is 0. The van der Waals surface area contributed by atoms with Crippen LogP contribution in [0, 0.1) is 6.92 Å². The Labute approximate surface area is 182 Å². The van der Waals surface area contributed by atoms with Crippen molar-refractivity contribution in [2.24, 2.45) is 0 Å². The zero-order valence-corrected chi connectivity index (χ0v) is 18.9. The highest BCUT2D eigenvalue weighted by atomic mass is 35.5. The van der Waals surface area contributed by atoms with Gasteiger partial charge in [0.2, 0.25) is 5.91 Å². The Morgan fingerprint density at radius 2 is 1.93 bits per heavy atom. The molecule has 9 heteroatoms. The van der Waals surface area contributed by atoms with Gasteiger partial charge in [-0.05, 0) is 52.3 Å². The molecule has 0 radical (unpaired) electrons. The molecular weight excluding hydrogens is 410 g/mol.